The van der Waals surface area contributed by atoms with E-state index in [-0.39, 0.29) is 0 Å². The van der Waals surface area contributed by atoms with Crippen molar-refractivity contribution in [2.45, 2.75) is 31.6 Å². The van der Waals surface area contributed by atoms with E-state index >= 15 is 0 Å². The Morgan fingerprint density at radius 3 is 1.86 bits per heavy atom. The molecule has 0 N–H and O–H groups in total. The molecule has 0 spiro atoms. The number of hydrogen-bond donors (Lipinski definition) is 0. The number of aldehydes is 1. The largest absolute Gasteiger partial charge is 0.298 e. The standard InChI is InChI=1S/C21H22O/c1-2-16-3-7-18(8-4-16)20-11-13-21(14-12-20)19-9-5-17(15-22)6-10-19/h2,5-6,9-16,18H,1,3-4,7-8H2. The molecule has 1 aliphatic carbocycles. The lowest BCUT2D eigenvalue weighted by Crippen LogP contribution is -2.11. The number of carbonyl (C=O) groups excluding carboxylic acids is 1. The average molecular weight is 290 g/mol. The number of allylic oxidation sites excluding steroid dienone is 1. The highest BCUT2D eigenvalue weighted by molar-refractivity contribution is 5.76. The Hall–Kier alpha value is -2.15. The molecule has 2 aromatic rings. The molecule has 1 fully saturated rings. The van der Waals surface area contributed by atoms with Gasteiger partial charge in [-0.3, -0.25) is 4.79 Å². The maximum Gasteiger partial charge on any atom is 0.150 e. The maximum atomic E-state index is 10.7. The molecular weight excluding hydrogens is 268 g/mol. The summed E-state index contributed by atoms with van der Waals surface area (Å²) in [6, 6.07) is 16.7. The summed E-state index contributed by atoms with van der Waals surface area (Å²) in [5.74, 6) is 1.41. The molecule has 0 atom stereocenters. The fraction of sp³-hybridized carbons (Fsp3) is 0.286. The zero-order chi connectivity index (χ0) is 15.4. The Morgan fingerprint density at radius 1 is 0.818 bits per heavy atom. The second-order valence-electron chi connectivity index (χ2n) is 6.21. The predicted molar refractivity (Wildman–Crippen MR) is 92.2 cm³/mol. The first kappa shape index (κ1) is 14.8. The van der Waals surface area contributed by atoms with Gasteiger partial charge in [-0.2, -0.15) is 0 Å². The van der Waals surface area contributed by atoms with Gasteiger partial charge in [-0.15, -0.1) is 6.58 Å². The Balaban J connectivity index is 1.72. The summed E-state index contributed by atoms with van der Waals surface area (Å²) in [6.45, 7) is 3.92. The van der Waals surface area contributed by atoms with Crippen molar-refractivity contribution in [1.29, 1.82) is 0 Å². The van der Waals surface area contributed by atoms with Crippen LogP contribution in [-0.4, -0.2) is 6.29 Å². The van der Waals surface area contributed by atoms with Crippen molar-refractivity contribution in [2.24, 2.45) is 5.92 Å². The van der Waals surface area contributed by atoms with Gasteiger partial charge in [-0.25, -0.2) is 0 Å². The Kier molecular flexibility index (Phi) is 4.53. The van der Waals surface area contributed by atoms with Crippen LogP contribution in [0.15, 0.2) is 61.2 Å². The third-order valence-corrected chi connectivity index (χ3v) is 4.87. The van der Waals surface area contributed by atoms with Gasteiger partial charge in [0.05, 0.1) is 0 Å². The Labute approximate surface area is 132 Å². The highest BCUT2D eigenvalue weighted by Crippen LogP contribution is 2.36. The molecule has 0 saturated heterocycles. The third kappa shape index (κ3) is 3.19. The molecular formula is C21H22O. The minimum absolute atomic E-state index is 0.697. The molecule has 1 aliphatic rings. The van der Waals surface area contributed by atoms with E-state index in [0.29, 0.717) is 11.8 Å². The Morgan fingerprint density at radius 2 is 1.36 bits per heavy atom. The predicted octanol–water partition coefficient (Wildman–Crippen LogP) is 5.63. The van der Waals surface area contributed by atoms with Gasteiger partial charge in [-0.05, 0) is 54.2 Å². The number of carbonyl (C=O) groups is 1. The van der Waals surface area contributed by atoms with E-state index in [1.165, 1.54) is 36.8 Å². The molecule has 1 saturated carbocycles. The van der Waals surface area contributed by atoms with Gasteiger partial charge in [0, 0.05) is 5.56 Å². The van der Waals surface area contributed by atoms with E-state index in [0.717, 1.165) is 17.4 Å². The molecule has 0 aromatic heterocycles. The summed E-state index contributed by atoms with van der Waals surface area (Å²) in [4.78, 5) is 10.7. The highest BCUT2D eigenvalue weighted by Gasteiger charge is 2.20. The summed E-state index contributed by atoms with van der Waals surface area (Å²) >= 11 is 0. The van der Waals surface area contributed by atoms with Crippen LogP contribution < -0.4 is 0 Å². The zero-order valence-corrected chi connectivity index (χ0v) is 12.9. The van der Waals surface area contributed by atoms with Crippen LogP contribution in [0, 0.1) is 5.92 Å². The van der Waals surface area contributed by atoms with E-state index in [4.69, 9.17) is 0 Å². The smallest absolute Gasteiger partial charge is 0.150 e. The lowest BCUT2D eigenvalue weighted by atomic mass is 9.78. The van der Waals surface area contributed by atoms with Gasteiger partial charge >= 0.3 is 0 Å². The number of rotatable bonds is 4. The van der Waals surface area contributed by atoms with Crippen LogP contribution >= 0.6 is 0 Å². The molecule has 0 amide bonds. The molecule has 0 bridgehead atoms. The summed E-state index contributed by atoms with van der Waals surface area (Å²) in [7, 11) is 0. The summed E-state index contributed by atoms with van der Waals surface area (Å²) in [5, 5.41) is 0. The topological polar surface area (TPSA) is 17.1 Å². The van der Waals surface area contributed by atoms with E-state index < -0.39 is 0 Å². The first-order chi connectivity index (χ1) is 10.8. The van der Waals surface area contributed by atoms with E-state index in [1.54, 1.807) is 0 Å². The molecule has 1 nitrogen and oxygen atoms in total. The Bertz CT molecular complexity index is 629. The normalized spacial score (nSPS) is 21.3. The van der Waals surface area contributed by atoms with Crippen LogP contribution in [-0.2, 0) is 0 Å². The molecule has 0 aliphatic heterocycles. The van der Waals surface area contributed by atoms with Crippen LogP contribution in [0.5, 0.6) is 0 Å². The van der Waals surface area contributed by atoms with Crippen molar-refractivity contribution in [3.8, 4) is 11.1 Å². The zero-order valence-electron chi connectivity index (χ0n) is 12.9. The number of hydrogen-bond acceptors (Lipinski definition) is 1. The van der Waals surface area contributed by atoms with E-state index in [9.17, 15) is 4.79 Å². The third-order valence-electron chi connectivity index (χ3n) is 4.87. The SMILES string of the molecule is C=CC1CCC(c2ccc(-c3ccc(C=O)cc3)cc2)CC1. The minimum Gasteiger partial charge on any atom is -0.298 e. The van der Waals surface area contributed by atoms with Gasteiger partial charge in [0.25, 0.3) is 0 Å². The van der Waals surface area contributed by atoms with Crippen molar-refractivity contribution in [2.75, 3.05) is 0 Å². The molecule has 3 rings (SSSR count). The molecule has 112 valence electrons. The van der Waals surface area contributed by atoms with Crippen LogP contribution in [0.2, 0.25) is 0 Å². The van der Waals surface area contributed by atoms with Crippen molar-refractivity contribution in [3.63, 3.8) is 0 Å². The highest BCUT2D eigenvalue weighted by atomic mass is 16.1. The second kappa shape index (κ2) is 6.74. The van der Waals surface area contributed by atoms with E-state index in [1.807, 2.05) is 24.3 Å². The molecule has 2 aromatic carbocycles. The van der Waals surface area contributed by atoms with Gasteiger partial charge in [0.15, 0.2) is 0 Å². The molecule has 0 heterocycles. The lowest BCUT2D eigenvalue weighted by molar-refractivity contribution is 0.112. The van der Waals surface area contributed by atoms with Crippen LogP contribution in [0.4, 0.5) is 0 Å². The molecule has 1 heteroatoms. The minimum atomic E-state index is 0.697. The van der Waals surface area contributed by atoms with Crippen molar-refractivity contribution in [3.05, 3.63) is 72.3 Å². The quantitative estimate of drug-likeness (QED) is 0.527. The van der Waals surface area contributed by atoms with E-state index in [2.05, 4.69) is 36.9 Å². The van der Waals surface area contributed by atoms with Crippen molar-refractivity contribution in [1.82, 2.24) is 0 Å². The van der Waals surface area contributed by atoms with Gasteiger partial charge in [0.1, 0.15) is 6.29 Å². The van der Waals surface area contributed by atoms with Crippen molar-refractivity contribution < 1.29 is 4.79 Å². The fourth-order valence-electron chi connectivity index (χ4n) is 3.39. The lowest BCUT2D eigenvalue weighted by Gasteiger charge is -2.27. The maximum absolute atomic E-state index is 10.7. The second-order valence-corrected chi connectivity index (χ2v) is 6.21. The first-order valence-electron chi connectivity index (χ1n) is 8.08. The monoisotopic (exact) mass is 290 g/mol. The molecule has 0 unspecified atom stereocenters. The van der Waals surface area contributed by atoms with Gasteiger partial charge in [-0.1, -0.05) is 54.6 Å². The summed E-state index contributed by atoms with van der Waals surface area (Å²) < 4.78 is 0. The summed E-state index contributed by atoms with van der Waals surface area (Å²) in [6.07, 6.45) is 8.06. The van der Waals surface area contributed by atoms with Crippen LogP contribution in [0.1, 0.15) is 47.5 Å². The van der Waals surface area contributed by atoms with Crippen LogP contribution in [0.25, 0.3) is 11.1 Å². The van der Waals surface area contributed by atoms with Gasteiger partial charge in [0.2, 0.25) is 0 Å². The molecule has 0 radical (unpaired) electrons. The molecule has 22 heavy (non-hydrogen) atoms. The first-order valence-corrected chi connectivity index (χ1v) is 8.08. The fourth-order valence-corrected chi connectivity index (χ4v) is 3.39. The van der Waals surface area contributed by atoms with Crippen molar-refractivity contribution >= 4 is 6.29 Å². The average Bonchev–Trinajstić information content (AvgIpc) is 2.62. The number of benzene rings is 2. The summed E-state index contributed by atoms with van der Waals surface area (Å²) in [5.41, 5.74) is 4.55. The van der Waals surface area contributed by atoms with Gasteiger partial charge < -0.3 is 0 Å². The van der Waals surface area contributed by atoms with Crippen LogP contribution in [0.3, 0.4) is 0 Å².